The number of hydrogen-bond acceptors (Lipinski definition) is 3. The summed E-state index contributed by atoms with van der Waals surface area (Å²) < 4.78 is 2.02. The first-order valence-electron chi connectivity index (χ1n) is 6.35. The zero-order valence-corrected chi connectivity index (χ0v) is 10.9. The Morgan fingerprint density at radius 1 is 1.11 bits per heavy atom. The number of aryl methyl sites for hydroxylation is 1. The maximum absolute atomic E-state index is 5.68. The molecule has 0 amide bonds. The zero-order chi connectivity index (χ0) is 13.2. The normalized spacial score (nSPS) is 11.1. The minimum Gasteiger partial charge on any atom is -0.326 e. The molecule has 19 heavy (non-hydrogen) atoms. The highest BCUT2D eigenvalue weighted by molar-refractivity contribution is 5.40. The Morgan fingerprint density at radius 3 is 2.74 bits per heavy atom. The van der Waals surface area contributed by atoms with Crippen molar-refractivity contribution in [2.45, 2.75) is 19.9 Å². The molecule has 0 radical (unpaired) electrons. The summed E-state index contributed by atoms with van der Waals surface area (Å²) in [5.41, 5.74) is 10.2. The van der Waals surface area contributed by atoms with Gasteiger partial charge in [0.2, 0.25) is 0 Å². The van der Waals surface area contributed by atoms with Crippen molar-refractivity contribution >= 4 is 5.65 Å². The zero-order valence-electron chi connectivity index (χ0n) is 10.9. The van der Waals surface area contributed by atoms with E-state index < -0.39 is 0 Å². The van der Waals surface area contributed by atoms with Gasteiger partial charge in [-0.2, -0.15) is 0 Å². The molecule has 0 atom stereocenters. The van der Waals surface area contributed by atoms with Gasteiger partial charge in [-0.25, -0.2) is 0 Å². The first-order valence-corrected chi connectivity index (χ1v) is 6.35. The molecule has 0 aliphatic heterocycles. The van der Waals surface area contributed by atoms with Crippen LogP contribution in [0.15, 0.2) is 42.6 Å². The minimum absolute atomic E-state index is 0.526. The molecule has 1 aromatic carbocycles. The molecule has 0 aliphatic rings. The van der Waals surface area contributed by atoms with Crippen LogP contribution in [0, 0.1) is 6.92 Å². The van der Waals surface area contributed by atoms with Gasteiger partial charge >= 0.3 is 0 Å². The molecule has 0 spiro atoms. The van der Waals surface area contributed by atoms with Crippen molar-refractivity contribution in [3.8, 4) is 0 Å². The number of nitrogens with zero attached hydrogens (tertiary/aromatic N) is 3. The summed E-state index contributed by atoms with van der Waals surface area (Å²) in [6.07, 6.45) is 2.80. The van der Waals surface area contributed by atoms with Crippen molar-refractivity contribution in [2.75, 3.05) is 0 Å². The van der Waals surface area contributed by atoms with Gasteiger partial charge in [-0.3, -0.25) is 4.40 Å². The Labute approximate surface area is 111 Å². The van der Waals surface area contributed by atoms with E-state index in [0.29, 0.717) is 6.54 Å². The third-order valence-electron chi connectivity index (χ3n) is 3.38. The fraction of sp³-hybridized carbons (Fsp3) is 0.200. The van der Waals surface area contributed by atoms with Crippen LogP contribution in [-0.4, -0.2) is 14.6 Å². The van der Waals surface area contributed by atoms with Crippen molar-refractivity contribution in [2.24, 2.45) is 5.73 Å². The van der Waals surface area contributed by atoms with E-state index in [4.69, 9.17) is 5.73 Å². The monoisotopic (exact) mass is 252 g/mol. The molecule has 2 aromatic heterocycles. The average Bonchev–Trinajstić information content (AvgIpc) is 2.84. The number of aromatic nitrogens is 3. The maximum atomic E-state index is 5.68. The largest absolute Gasteiger partial charge is 0.326 e. The van der Waals surface area contributed by atoms with E-state index in [-0.39, 0.29) is 0 Å². The van der Waals surface area contributed by atoms with Crippen LogP contribution >= 0.6 is 0 Å². The molecule has 2 heterocycles. The molecule has 4 heteroatoms. The number of rotatable bonds is 3. The van der Waals surface area contributed by atoms with Gasteiger partial charge in [0.1, 0.15) is 5.82 Å². The summed E-state index contributed by atoms with van der Waals surface area (Å²) in [6.45, 7) is 2.64. The van der Waals surface area contributed by atoms with E-state index in [1.165, 1.54) is 11.1 Å². The quantitative estimate of drug-likeness (QED) is 0.776. The molecular formula is C15H16N4. The molecule has 4 nitrogen and oxygen atoms in total. The van der Waals surface area contributed by atoms with Crippen LogP contribution in [0.3, 0.4) is 0 Å². The first-order chi connectivity index (χ1) is 9.28. The van der Waals surface area contributed by atoms with Gasteiger partial charge in [-0.15, -0.1) is 10.2 Å². The van der Waals surface area contributed by atoms with E-state index in [2.05, 4.69) is 35.3 Å². The summed E-state index contributed by atoms with van der Waals surface area (Å²) in [6, 6.07) is 12.3. The number of nitrogens with two attached hydrogens (primary N) is 1. The fourth-order valence-corrected chi connectivity index (χ4v) is 2.20. The second kappa shape index (κ2) is 4.82. The summed E-state index contributed by atoms with van der Waals surface area (Å²) in [5, 5.41) is 8.47. The SMILES string of the molecule is Cc1ccccc1Cc1nnc2ccc(CN)cn12. The molecule has 0 bridgehead atoms. The summed E-state index contributed by atoms with van der Waals surface area (Å²) in [4.78, 5) is 0. The van der Waals surface area contributed by atoms with Gasteiger partial charge in [-0.1, -0.05) is 30.3 Å². The smallest absolute Gasteiger partial charge is 0.160 e. The average molecular weight is 252 g/mol. The lowest BCUT2D eigenvalue weighted by molar-refractivity contribution is 0.917. The lowest BCUT2D eigenvalue weighted by Gasteiger charge is -2.05. The molecular weight excluding hydrogens is 236 g/mol. The molecule has 0 fully saturated rings. The highest BCUT2D eigenvalue weighted by atomic mass is 15.2. The first kappa shape index (κ1) is 11.9. The van der Waals surface area contributed by atoms with E-state index in [1.54, 1.807) is 0 Å². The van der Waals surface area contributed by atoms with Gasteiger partial charge in [0.25, 0.3) is 0 Å². The summed E-state index contributed by atoms with van der Waals surface area (Å²) in [5.74, 6) is 0.944. The number of benzene rings is 1. The minimum atomic E-state index is 0.526. The van der Waals surface area contributed by atoms with Crippen molar-refractivity contribution in [3.63, 3.8) is 0 Å². The predicted molar refractivity (Wildman–Crippen MR) is 74.9 cm³/mol. The van der Waals surface area contributed by atoms with Gasteiger partial charge in [0.05, 0.1) is 0 Å². The molecule has 0 unspecified atom stereocenters. The van der Waals surface area contributed by atoms with Crippen LogP contribution < -0.4 is 5.73 Å². The van der Waals surface area contributed by atoms with Crippen LogP contribution in [0.2, 0.25) is 0 Å². The third-order valence-corrected chi connectivity index (χ3v) is 3.38. The van der Waals surface area contributed by atoms with Gasteiger partial charge in [0.15, 0.2) is 5.65 Å². The number of fused-ring (bicyclic) bond motifs is 1. The van der Waals surface area contributed by atoms with Crippen LogP contribution in [0.5, 0.6) is 0 Å². The highest BCUT2D eigenvalue weighted by Gasteiger charge is 2.08. The highest BCUT2D eigenvalue weighted by Crippen LogP contribution is 2.14. The van der Waals surface area contributed by atoms with Crippen LogP contribution in [0.4, 0.5) is 0 Å². The topological polar surface area (TPSA) is 56.2 Å². The van der Waals surface area contributed by atoms with Crippen molar-refractivity contribution in [1.29, 1.82) is 0 Å². The predicted octanol–water partition coefficient (Wildman–Crippen LogP) is 2.09. The Balaban J connectivity index is 2.03. The fourth-order valence-electron chi connectivity index (χ4n) is 2.20. The van der Waals surface area contributed by atoms with Gasteiger partial charge in [0, 0.05) is 19.2 Å². The molecule has 0 saturated carbocycles. The van der Waals surface area contributed by atoms with E-state index in [1.807, 2.05) is 28.8 Å². The Kier molecular flexibility index (Phi) is 3.01. The Hall–Kier alpha value is -2.20. The lowest BCUT2D eigenvalue weighted by atomic mass is 10.1. The molecule has 2 N–H and O–H groups in total. The standard InChI is InChI=1S/C15H16N4/c1-11-4-2-3-5-13(11)8-15-18-17-14-7-6-12(9-16)10-19(14)15/h2-7,10H,8-9,16H2,1H3. The number of hydrogen-bond donors (Lipinski definition) is 1. The molecule has 0 saturated heterocycles. The lowest BCUT2D eigenvalue weighted by Crippen LogP contribution is -2.02. The Bertz CT molecular complexity index is 715. The van der Waals surface area contributed by atoms with Crippen molar-refractivity contribution in [1.82, 2.24) is 14.6 Å². The van der Waals surface area contributed by atoms with E-state index in [0.717, 1.165) is 23.5 Å². The van der Waals surface area contributed by atoms with Gasteiger partial charge < -0.3 is 5.73 Å². The second-order valence-electron chi connectivity index (χ2n) is 4.69. The summed E-state index contributed by atoms with van der Waals surface area (Å²) in [7, 11) is 0. The number of pyridine rings is 1. The van der Waals surface area contributed by atoms with Gasteiger partial charge in [-0.05, 0) is 29.7 Å². The molecule has 3 rings (SSSR count). The van der Waals surface area contributed by atoms with Crippen LogP contribution in [0.25, 0.3) is 5.65 Å². The van der Waals surface area contributed by atoms with E-state index >= 15 is 0 Å². The maximum Gasteiger partial charge on any atom is 0.160 e. The van der Waals surface area contributed by atoms with E-state index in [9.17, 15) is 0 Å². The Morgan fingerprint density at radius 2 is 1.95 bits per heavy atom. The molecule has 96 valence electrons. The van der Waals surface area contributed by atoms with Crippen LogP contribution in [-0.2, 0) is 13.0 Å². The van der Waals surface area contributed by atoms with Crippen LogP contribution in [0.1, 0.15) is 22.5 Å². The van der Waals surface area contributed by atoms with Crippen molar-refractivity contribution < 1.29 is 0 Å². The second-order valence-corrected chi connectivity index (χ2v) is 4.69. The summed E-state index contributed by atoms with van der Waals surface area (Å²) >= 11 is 0. The molecule has 0 aliphatic carbocycles. The third kappa shape index (κ3) is 2.22. The molecule has 3 aromatic rings. The van der Waals surface area contributed by atoms with Crippen molar-refractivity contribution in [3.05, 3.63) is 65.1 Å².